The quantitative estimate of drug-likeness (QED) is 0.230. The molecule has 4 N–H and O–H groups in total. The molecule has 4 aliphatic rings. The summed E-state index contributed by atoms with van der Waals surface area (Å²) in [5.41, 5.74) is -1.81. The van der Waals surface area contributed by atoms with Crippen molar-refractivity contribution < 1.29 is 32.4 Å². The van der Waals surface area contributed by atoms with E-state index in [1.807, 2.05) is 34.6 Å². The SMILES string of the molecule is CCCNC(=O)C(=O)C(CCC)NC(=O)[C@@H]1[C@@H]2[C@H](CN1C(=O)[C@@H](NC(=O)NC1(C3CCCS3(=O)=O)CCCCC1)C(C)(C)C)C2(C)C. The van der Waals surface area contributed by atoms with E-state index in [-0.39, 0.29) is 29.4 Å². The van der Waals surface area contributed by atoms with Crippen molar-refractivity contribution in [3.8, 4) is 0 Å². The highest BCUT2D eigenvalue weighted by Gasteiger charge is 2.70. The molecule has 0 aromatic rings. The van der Waals surface area contributed by atoms with Gasteiger partial charge in [-0.2, -0.15) is 0 Å². The van der Waals surface area contributed by atoms with Crippen molar-refractivity contribution >= 4 is 39.4 Å². The van der Waals surface area contributed by atoms with Gasteiger partial charge in [-0.1, -0.05) is 74.1 Å². The largest absolute Gasteiger partial charge is 0.349 e. The summed E-state index contributed by atoms with van der Waals surface area (Å²) in [6, 6.07) is -3.47. The van der Waals surface area contributed by atoms with Gasteiger partial charge in [0.25, 0.3) is 5.91 Å². The van der Waals surface area contributed by atoms with E-state index in [0.717, 1.165) is 19.3 Å². The van der Waals surface area contributed by atoms with Crippen molar-refractivity contribution in [2.45, 2.75) is 142 Å². The Balaban J connectivity index is 1.55. The van der Waals surface area contributed by atoms with Gasteiger partial charge in [-0.05, 0) is 61.2 Å². The lowest BCUT2D eigenvalue weighted by Gasteiger charge is -2.43. The highest BCUT2D eigenvalue weighted by Crippen LogP contribution is 2.65. The van der Waals surface area contributed by atoms with Crippen LogP contribution < -0.4 is 21.3 Å². The Labute approximate surface area is 280 Å². The van der Waals surface area contributed by atoms with Crippen LogP contribution in [0.3, 0.4) is 0 Å². The Morgan fingerprint density at radius 2 is 1.60 bits per heavy atom. The zero-order chi connectivity index (χ0) is 34.9. The molecule has 2 unspecified atom stereocenters. The molecule has 5 amide bonds. The van der Waals surface area contributed by atoms with E-state index in [1.54, 1.807) is 0 Å². The number of amides is 5. The first-order valence-corrected chi connectivity index (χ1v) is 19.4. The molecule has 13 heteroatoms. The number of sulfone groups is 1. The van der Waals surface area contributed by atoms with Gasteiger partial charge < -0.3 is 26.2 Å². The molecule has 0 aromatic carbocycles. The number of hydrogen-bond acceptors (Lipinski definition) is 7. The summed E-state index contributed by atoms with van der Waals surface area (Å²) in [6.07, 6.45) is 6.36. The summed E-state index contributed by atoms with van der Waals surface area (Å²) in [5.74, 6) is -2.26. The molecule has 12 nitrogen and oxygen atoms in total. The number of urea groups is 1. The number of hydrogen-bond donors (Lipinski definition) is 4. The number of rotatable bonds is 12. The number of nitrogens with one attached hydrogen (secondary N) is 4. The minimum absolute atomic E-state index is 0.0721. The van der Waals surface area contributed by atoms with Crippen LogP contribution in [0.1, 0.15) is 113 Å². The minimum atomic E-state index is -3.35. The third-order valence-electron chi connectivity index (χ3n) is 11.2. The molecular weight excluding hydrogens is 622 g/mol. The molecule has 0 radical (unpaired) electrons. The van der Waals surface area contributed by atoms with Gasteiger partial charge in [-0.15, -0.1) is 0 Å². The van der Waals surface area contributed by atoms with Gasteiger partial charge in [0.05, 0.1) is 22.6 Å². The number of carbonyl (C=O) groups excluding carboxylic acids is 5. The monoisotopic (exact) mass is 679 g/mol. The number of likely N-dealkylation sites (tertiary alicyclic amines) is 1. The second kappa shape index (κ2) is 14.0. The van der Waals surface area contributed by atoms with Crippen molar-refractivity contribution in [2.24, 2.45) is 22.7 Å². The molecule has 2 heterocycles. The zero-order valence-corrected chi connectivity index (χ0v) is 30.2. The van der Waals surface area contributed by atoms with Crippen LogP contribution in [0.25, 0.3) is 0 Å². The smallest absolute Gasteiger partial charge is 0.315 e. The van der Waals surface area contributed by atoms with Crippen LogP contribution in [0.15, 0.2) is 0 Å². The van der Waals surface area contributed by atoms with Crippen LogP contribution in [-0.4, -0.2) is 90.6 Å². The second-order valence-electron chi connectivity index (χ2n) is 16.0. The lowest BCUT2D eigenvalue weighted by Crippen LogP contribution is -2.65. The molecule has 0 spiro atoms. The lowest BCUT2D eigenvalue weighted by molar-refractivity contribution is -0.145. The van der Waals surface area contributed by atoms with Gasteiger partial charge in [0.1, 0.15) is 12.1 Å². The van der Waals surface area contributed by atoms with Gasteiger partial charge in [-0.25, -0.2) is 13.2 Å². The Morgan fingerprint density at radius 3 is 2.15 bits per heavy atom. The lowest BCUT2D eigenvalue weighted by atomic mass is 9.78. The molecule has 47 heavy (non-hydrogen) atoms. The Kier molecular flexibility index (Phi) is 11.1. The fourth-order valence-corrected chi connectivity index (χ4v) is 10.8. The summed E-state index contributed by atoms with van der Waals surface area (Å²) in [5, 5.41) is 10.7. The summed E-state index contributed by atoms with van der Waals surface area (Å²) in [4.78, 5) is 69.2. The molecule has 2 aliphatic heterocycles. The Bertz CT molecular complexity index is 1330. The third-order valence-corrected chi connectivity index (χ3v) is 13.6. The fourth-order valence-electron chi connectivity index (χ4n) is 8.44. The number of Topliss-reactive ketones (excluding diaryl/α,β-unsaturated/α-hetero) is 1. The van der Waals surface area contributed by atoms with Crippen molar-refractivity contribution in [3.05, 3.63) is 0 Å². The van der Waals surface area contributed by atoms with Gasteiger partial charge in [0.2, 0.25) is 17.6 Å². The van der Waals surface area contributed by atoms with Crippen molar-refractivity contribution in [3.63, 3.8) is 0 Å². The maximum absolute atomic E-state index is 14.4. The first-order valence-electron chi connectivity index (χ1n) is 17.6. The van der Waals surface area contributed by atoms with Crippen LogP contribution in [0.5, 0.6) is 0 Å². The molecule has 4 rings (SSSR count). The van der Waals surface area contributed by atoms with E-state index in [0.29, 0.717) is 51.6 Å². The van der Waals surface area contributed by atoms with Crippen LogP contribution in [-0.2, 0) is 29.0 Å². The highest BCUT2D eigenvalue weighted by atomic mass is 32.2. The number of piperidine rings is 1. The maximum Gasteiger partial charge on any atom is 0.315 e. The predicted molar refractivity (Wildman–Crippen MR) is 179 cm³/mol. The van der Waals surface area contributed by atoms with E-state index in [2.05, 4.69) is 35.1 Å². The molecule has 4 fully saturated rings. The summed E-state index contributed by atoms with van der Waals surface area (Å²) >= 11 is 0. The van der Waals surface area contributed by atoms with Crippen LogP contribution in [0.4, 0.5) is 4.79 Å². The van der Waals surface area contributed by atoms with E-state index >= 15 is 0 Å². The van der Waals surface area contributed by atoms with Crippen molar-refractivity contribution in [1.29, 1.82) is 0 Å². The van der Waals surface area contributed by atoms with E-state index in [9.17, 15) is 32.4 Å². The van der Waals surface area contributed by atoms with Crippen molar-refractivity contribution in [2.75, 3.05) is 18.8 Å². The maximum atomic E-state index is 14.4. The van der Waals surface area contributed by atoms with Crippen LogP contribution in [0.2, 0.25) is 0 Å². The topological polar surface area (TPSA) is 171 Å². The number of nitrogens with zero attached hydrogens (tertiary/aromatic N) is 1. The van der Waals surface area contributed by atoms with Crippen molar-refractivity contribution in [1.82, 2.24) is 26.2 Å². The van der Waals surface area contributed by atoms with Gasteiger partial charge in [-0.3, -0.25) is 19.2 Å². The Morgan fingerprint density at radius 1 is 0.936 bits per heavy atom. The average molecular weight is 680 g/mol. The van der Waals surface area contributed by atoms with E-state index in [1.165, 1.54) is 4.90 Å². The predicted octanol–water partition coefficient (Wildman–Crippen LogP) is 2.84. The zero-order valence-electron chi connectivity index (χ0n) is 29.4. The molecule has 2 saturated heterocycles. The normalized spacial score (nSPS) is 28.4. The molecule has 2 saturated carbocycles. The van der Waals surface area contributed by atoms with E-state index < -0.39 is 73.7 Å². The third kappa shape index (κ3) is 7.64. The molecule has 0 aromatic heterocycles. The first kappa shape index (κ1) is 37.1. The minimum Gasteiger partial charge on any atom is -0.349 e. The number of carbonyl (C=O) groups is 5. The average Bonchev–Trinajstić information content (AvgIpc) is 3.30. The van der Waals surface area contributed by atoms with Crippen LogP contribution in [0, 0.1) is 22.7 Å². The first-order chi connectivity index (χ1) is 21.9. The molecule has 266 valence electrons. The summed E-state index contributed by atoms with van der Waals surface area (Å²) in [6.45, 7) is 14.1. The molecule has 0 bridgehead atoms. The second-order valence-corrected chi connectivity index (χ2v) is 18.3. The van der Waals surface area contributed by atoms with Gasteiger partial charge in [0, 0.05) is 13.1 Å². The van der Waals surface area contributed by atoms with Gasteiger partial charge >= 0.3 is 6.03 Å². The molecule has 6 atom stereocenters. The van der Waals surface area contributed by atoms with Crippen LogP contribution >= 0.6 is 0 Å². The molecule has 2 aliphatic carbocycles. The fraction of sp³-hybridized carbons (Fsp3) is 0.853. The summed E-state index contributed by atoms with van der Waals surface area (Å²) < 4.78 is 26.1. The highest BCUT2D eigenvalue weighted by molar-refractivity contribution is 7.92. The Hall–Kier alpha value is -2.70. The van der Waals surface area contributed by atoms with E-state index in [4.69, 9.17) is 0 Å². The van der Waals surface area contributed by atoms with Gasteiger partial charge in [0.15, 0.2) is 9.84 Å². The summed E-state index contributed by atoms with van der Waals surface area (Å²) in [7, 11) is -3.35. The standard InChI is InChI=1S/C34H57N5O7S/c1-8-14-22(26(40)29(42)35-18-9-2)36-28(41)25-24-21(33(24,6)7)20-39(25)30(43)27(32(3,4)5)37-31(44)38-34(16-11-10-12-17-34)23-15-13-19-47(23,45)46/h21-25,27H,8-20H2,1-7H3,(H,35,42)(H,36,41)(H2,37,38,44)/t21-,22?,23?,24-,25-,27+/m0/s1. The molecular formula is C34H57N5O7S. The number of fused-ring (bicyclic) bond motifs is 1. The number of ketones is 1.